The third-order valence-electron chi connectivity index (χ3n) is 6.94. The van der Waals surface area contributed by atoms with Crippen LogP contribution in [0, 0.1) is 0 Å². The van der Waals surface area contributed by atoms with Crippen LogP contribution < -0.4 is 0 Å². The molecule has 0 amide bonds. The van der Waals surface area contributed by atoms with E-state index >= 15 is 0 Å². The fourth-order valence-corrected chi connectivity index (χ4v) is 4.59. The number of carbonyl (C=O) groups excluding carboxylic acids is 1. The van der Waals surface area contributed by atoms with Crippen LogP contribution in [-0.2, 0) is 9.47 Å². The Labute approximate surface area is 214 Å². The molecule has 3 heteroatoms. The van der Waals surface area contributed by atoms with E-state index in [1.165, 1.54) is 141 Å². The van der Waals surface area contributed by atoms with E-state index in [4.69, 9.17) is 9.47 Å². The molecule has 0 aliphatic carbocycles. The second-order valence-electron chi connectivity index (χ2n) is 10.4. The maximum atomic E-state index is 11.6. The molecule has 0 aromatic rings. The third kappa shape index (κ3) is 29.3. The maximum Gasteiger partial charge on any atom is 0.508 e. The Bertz CT molecular complexity index is 383. The summed E-state index contributed by atoms with van der Waals surface area (Å²) >= 11 is 0. The predicted molar refractivity (Wildman–Crippen MR) is 149 cm³/mol. The summed E-state index contributed by atoms with van der Waals surface area (Å²) in [6, 6.07) is 0. The number of hydrogen-bond acceptors (Lipinski definition) is 3. The van der Waals surface area contributed by atoms with Crippen LogP contribution in [0.5, 0.6) is 0 Å². The first-order valence-corrected chi connectivity index (χ1v) is 15.6. The SMILES string of the molecule is CCCCCCCCCCCCCCCCOC(=O)OCCCCCCCCCCCCCC. The van der Waals surface area contributed by atoms with E-state index in [-0.39, 0.29) is 0 Å². The maximum absolute atomic E-state index is 11.6. The van der Waals surface area contributed by atoms with Gasteiger partial charge in [-0.2, -0.15) is 0 Å². The largest absolute Gasteiger partial charge is 0.508 e. The molecule has 0 aliphatic rings. The summed E-state index contributed by atoms with van der Waals surface area (Å²) in [5.74, 6) is 0. The van der Waals surface area contributed by atoms with Gasteiger partial charge in [0.05, 0.1) is 13.2 Å². The van der Waals surface area contributed by atoms with Crippen molar-refractivity contribution in [3.8, 4) is 0 Å². The minimum Gasteiger partial charge on any atom is -0.434 e. The monoisotopic (exact) mass is 482 g/mol. The lowest BCUT2D eigenvalue weighted by atomic mass is 10.0. The van der Waals surface area contributed by atoms with Gasteiger partial charge in [0.25, 0.3) is 0 Å². The first-order valence-electron chi connectivity index (χ1n) is 15.6. The van der Waals surface area contributed by atoms with Gasteiger partial charge in [-0.05, 0) is 12.8 Å². The molecule has 0 unspecified atom stereocenters. The fraction of sp³-hybridized carbons (Fsp3) is 0.968. The molecule has 0 aromatic carbocycles. The second kappa shape index (κ2) is 30.3. The van der Waals surface area contributed by atoms with E-state index in [0.717, 1.165) is 25.7 Å². The van der Waals surface area contributed by atoms with Gasteiger partial charge in [0.1, 0.15) is 0 Å². The lowest BCUT2D eigenvalue weighted by Crippen LogP contribution is -2.09. The number of carbonyl (C=O) groups is 1. The lowest BCUT2D eigenvalue weighted by molar-refractivity contribution is 0.0529. The van der Waals surface area contributed by atoms with Crippen LogP contribution in [0.1, 0.15) is 181 Å². The molecule has 0 saturated carbocycles. The molecule has 3 nitrogen and oxygen atoms in total. The highest BCUT2D eigenvalue weighted by molar-refractivity contribution is 5.59. The van der Waals surface area contributed by atoms with Crippen LogP contribution in [0.15, 0.2) is 0 Å². The molecule has 0 bridgehead atoms. The quantitative estimate of drug-likeness (QED) is 0.0821. The van der Waals surface area contributed by atoms with Gasteiger partial charge in [-0.15, -0.1) is 0 Å². The molecule has 0 aliphatic heterocycles. The molecule has 0 aromatic heterocycles. The van der Waals surface area contributed by atoms with Crippen LogP contribution in [0.25, 0.3) is 0 Å². The summed E-state index contributed by atoms with van der Waals surface area (Å²) < 4.78 is 10.4. The van der Waals surface area contributed by atoms with Crippen LogP contribution in [0.4, 0.5) is 4.79 Å². The first-order chi connectivity index (χ1) is 16.8. The smallest absolute Gasteiger partial charge is 0.434 e. The van der Waals surface area contributed by atoms with E-state index in [1.807, 2.05) is 0 Å². The molecule has 0 saturated heterocycles. The Balaban J connectivity index is 3.14. The molecule has 0 atom stereocenters. The van der Waals surface area contributed by atoms with Crippen LogP contribution >= 0.6 is 0 Å². The van der Waals surface area contributed by atoms with Gasteiger partial charge in [-0.25, -0.2) is 4.79 Å². The Morgan fingerprint density at radius 1 is 0.353 bits per heavy atom. The van der Waals surface area contributed by atoms with Crippen molar-refractivity contribution >= 4 is 6.16 Å². The highest BCUT2D eigenvalue weighted by Crippen LogP contribution is 2.14. The zero-order valence-electron chi connectivity index (χ0n) is 23.5. The molecule has 0 spiro atoms. The van der Waals surface area contributed by atoms with Crippen molar-refractivity contribution in [3.05, 3.63) is 0 Å². The predicted octanol–water partition coefficient (Wildman–Crippen LogP) is 11.3. The van der Waals surface area contributed by atoms with E-state index in [9.17, 15) is 4.79 Å². The summed E-state index contributed by atoms with van der Waals surface area (Å²) in [4.78, 5) is 11.6. The molecule has 34 heavy (non-hydrogen) atoms. The van der Waals surface area contributed by atoms with E-state index in [1.54, 1.807) is 0 Å². The van der Waals surface area contributed by atoms with Crippen molar-refractivity contribution in [1.29, 1.82) is 0 Å². The number of hydrogen-bond donors (Lipinski definition) is 0. The first kappa shape index (κ1) is 33.3. The molecule has 0 radical (unpaired) electrons. The lowest BCUT2D eigenvalue weighted by Gasteiger charge is -2.07. The van der Waals surface area contributed by atoms with Crippen molar-refractivity contribution in [2.75, 3.05) is 13.2 Å². The van der Waals surface area contributed by atoms with Crippen molar-refractivity contribution in [1.82, 2.24) is 0 Å². The number of rotatable bonds is 28. The molecular weight excluding hydrogens is 420 g/mol. The van der Waals surface area contributed by atoms with Crippen LogP contribution in [-0.4, -0.2) is 19.4 Å². The minimum absolute atomic E-state index is 0.474. The Kier molecular flexibility index (Phi) is 29.7. The van der Waals surface area contributed by atoms with Gasteiger partial charge in [0.2, 0.25) is 0 Å². The van der Waals surface area contributed by atoms with Gasteiger partial charge in [0, 0.05) is 0 Å². The summed E-state index contributed by atoms with van der Waals surface area (Å²) in [6.07, 6.45) is 34.1. The van der Waals surface area contributed by atoms with Crippen molar-refractivity contribution in [2.24, 2.45) is 0 Å². The molecule has 0 heterocycles. The highest BCUT2D eigenvalue weighted by atomic mass is 16.7. The summed E-state index contributed by atoms with van der Waals surface area (Å²) in [6.45, 7) is 5.57. The van der Waals surface area contributed by atoms with Gasteiger partial charge < -0.3 is 9.47 Å². The van der Waals surface area contributed by atoms with Crippen molar-refractivity contribution in [3.63, 3.8) is 0 Å². The van der Waals surface area contributed by atoms with Crippen molar-refractivity contribution in [2.45, 2.75) is 181 Å². The van der Waals surface area contributed by atoms with Crippen LogP contribution in [0.3, 0.4) is 0 Å². The molecule has 0 fully saturated rings. The van der Waals surface area contributed by atoms with Gasteiger partial charge in [-0.3, -0.25) is 0 Å². The standard InChI is InChI=1S/C31H62O3/c1-3-5-7-9-11-13-15-17-18-20-22-24-26-28-30-34-31(32)33-29-27-25-23-21-19-16-14-12-10-8-6-4-2/h3-30H2,1-2H3. The Hall–Kier alpha value is -0.730. The Morgan fingerprint density at radius 3 is 0.794 bits per heavy atom. The highest BCUT2D eigenvalue weighted by Gasteiger charge is 2.03. The molecular formula is C31H62O3. The van der Waals surface area contributed by atoms with Gasteiger partial charge in [0.15, 0.2) is 0 Å². The van der Waals surface area contributed by atoms with E-state index < -0.39 is 6.16 Å². The summed E-state index contributed by atoms with van der Waals surface area (Å²) in [5, 5.41) is 0. The second-order valence-corrected chi connectivity index (χ2v) is 10.4. The van der Waals surface area contributed by atoms with Crippen LogP contribution in [0.2, 0.25) is 0 Å². The number of ether oxygens (including phenoxy) is 2. The average molecular weight is 483 g/mol. The minimum atomic E-state index is -0.474. The van der Waals surface area contributed by atoms with Gasteiger partial charge in [-0.1, -0.05) is 168 Å². The molecule has 0 rings (SSSR count). The third-order valence-corrected chi connectivity index (χ3v) is 6.94. The summed E-state index contributed by atoms with van der Waals surface area (Å²) in [5.41, 5.74) is 0. The topological polar surface area (TPSA) is 35.5 Å². The average Bonchev–Trinajstić information content (AvgIpc) is 2.84. The molecule has 0 N–H and O–H groups in total. The Morgan fingerprint density at radius 2 is 0.559 bits per heavy atom. The fourth-order valence-electron chi connectivity index (χ4n) is 4.59. The summed E-state index contributed by atoms with van der Waals surface area (Å²) in [7, 11) is 0. The van der Waals surface area contributed by atoms with Crippen molar-refractivity contribution < 1.29 is 14.3 Å². The zero-order chi connectivity index (χ0) is 24.8. The molecule has 204 valence electrons. The van der Waals surface area contributed by atoms with Gasteiger partial charge >= 0.3 is 6.16 Å². The van der Waals surface area contributed by atoms with E-state index in [0.29, 0.717) is 13.2 Å². The number of unbranched alkanes of at least 4 members (excludes halogenated alkanes) is 24. The normalized spacial score (nSPS) is 11.1. The zero-order valence-corrected chi connectivity index (χ0v) is 23.5. The van der Waals surface area contributed by atoms with E-state index in [2.05, 4.69) is 13.8 Å².